The molecular weight excluding hydrogens is 611 g/mol. The van der Waals surface area contributed by atoms with Crippen molar-refractivity contribution in [3.8, 4) is 5.75 Å². The Balaban J connectivity index is 1.44. The van der Waals surface area contributed by atoms with Crippen LogP contribution >= 0.6 is 11.8 Å². The van der Waals surface area contributed by atoms with Crippen LogP contribution in [0.5, 0.6) is 5.75 Å². The summed E-state index contributed by atoms with van der Waals surface area (Å²) in [4.78, 5) is 49.5. The molecule has 3 saturated heterocycles. The smallest absolute Gasteiger partial charge is 0.251 e. The van der Waals surface area contributed by atoms with E-state index in [1.807, 2.05) is 72.8 Å². The minimum Gasteiger partial charge on any atom is -0.497 e. The van der Waals surface area contributed by atoms with E-state index in [4.69, 9.17) is 4.74 Å². The van der Waals surface area contributed by atoms with Crippen LogP contribution in [0.4, 0.5) is 5.69 Å². The number of anilines is 1. The molecule has 3 aliphatic heterocycles. The maximum absolute atomic E-state index is 15.0. The summed E-state index contributed by atoms with van der Waals surface area (Å²) in [5.41, 5.74) is 2.37. The van der Waals surface area contributed by atoms with E-state index in [1.165, 1.54) is 0 Å². The lowest BCUT2D eigenvalue weighted by Gasteiger charge is -2.39. The summed E-state index contributed by atoms with van der Waals surface area (Å²) in [6.45, 7) is 8.42. The Morgan fingerprint density at radius 1 is 1.00 bits per heavy atom. The Hall–Kier alpha value is -4.34. The zero-order valence-corrected chi connectivity index (χ0v) is 27.4. The number of ether oxygens (including phenoxy) is 1. The molecule has 3 aliphatic rings. The topological polar surface area (TPSA) is 90.4 Å². The van der Waals surface area contributed by atoms with Gasteiger partial charge in [-0.3, -0.25) is 14.4 Å². The van der Waals surface area contributed by atoms with Crippen molar-refractivity contribution in [2.24, 2.45) is 11.8 Å². The number of aliphatic hydroxyl groups is 1. The molecule has 9 heteroatoms. The molecule has 3 fully saturated rings. The standard InChI is InChI=1S/C38H41N3O5S/c1-4-22-39(24-26-12-8-6-9-13-26)35(43)32-31-20-21-38(47-31)33(32)36(44)41(30(25-42)27-14-10-7-11-15-27)34(38)37(45)40(23-5-2)28-16-18-29(46-3)19-17-28/h4-19,30-34,42H,1-2,20-25H2,3H3/t30-,31-,32+,33+,34?,38?/m1/s1. The second-order valence-electron chi connectivity index (χ2n) is 12.3. The molecule has 47 heavy (non-hydrogen) atoms. The van der Waals surface area contributed by atoms with Crippen LogP contribution in [0.1, 0.15) is 30.0 Å². The number of benzene rings is 3. The molecule has 0 saturated carbocycles. The summed E-state index contributed by atoms with van der Waals surface area (Å²) >= 11 is 1.62. The number of likely N-dealkylation sites (tertiary alicyclic amines) is 1. The molecule has 3 heterocycles. The average Bonchev–Trinajstić information content (AvgIpc) is 3.75. The number of fused-ring (bicyclic) bond motifs is 1. The van der Waals surface area contributed by atoms with Crippen molar-refractivity contribution in [2.45, 2.75) is 41.5 Å². The molecule has 244 valence electrons. The van der Waals surface area contributed by atoms with Crippen LogP contribution in [0.25, 0.3) is 0 Å². The van der Waals surface area contributed by atoms with Gasteiger partial charge in [0, 0.05) is 30.6 Å². The lowest BCUT2D eigenvalue weighted by molar-refractivity contribution is -0.145. The van der Waals surface area contributed by atoms with Crippen LogP contribution in [0, 0.1) is 11.8 Å². The Morgan fingerprint density at radius 2 is 1.66 bits per heavy atom. The molecule has 0 radical (unpaired) electrons. The first-order valence-electron chi connectivity index (χ1n) is 16.0. The highest BCUT2D eigenvalue weighted by atomic mass is 32.2. The van der Waals surface area contributed by atoms with Gasteiger partial charge in [-0.1, -0.05) is 72.8 Å². The highest BCUT2D eigenvalue weighted by Gasteiger charge is 2.74. The number of methoxy groups -OCH3 is 1. The molecule has 6 rings (SSSR count). The van der Waals surface area contributed by atoms with Crippen molar-refractivity contribution in [1.29, 1.82) is 0 Å². The van der Waals surface area contributed by atoms with Crippen LogP contribution in [-0.2, 0) is 20.9 Å². The van der Waals surface area contributed by atoms with E-state index in [-0.39, 0.29) is 36.1 Å². The van der Waals surface area contributed by atoms with E-state index in [0.29, 0.717) is 30.9 Å². The van der Waals surface area contributed by atoms with E-state index in [9.17, 15) is 14.7 Å². The summed E-state index contributed by atoms with van der Waals surface area (Å²) in [6, 6.07) is 24.7. The van der Waals surface area contributed by atoms with Crippen LogP contribution < -0.4 is 9.64 Å². The minimum atomic E-state index is -0.908. The number of carbonyl (C=O) groups is 3. The van der Waals surface area contributed by atoms with Crippen molar-refractivity contribution >= 4 is 35.2 Å². The van der Waals surface area contributed by atoms with Gasteiger partial charge in [0.1, 0.15) is 11.8 Å². The predicted octanol–water partition coefficient (Wildman–Crippen LogP) is 5.25. The van der Waals surface area contributed by atoms with Crippen LogP contribution in [0.3, 0.4) is 0 Å². The molecule has 2 unspecified atom stereocenters. The maximum Gasteiger partial charge on any atom is 0.251 e. The van der Waals surface area contributed by atoms with Gasteiger partial charge >= 0.3 is 0 Å². The van der Waals surface area contributed by atoms with Crippen molar-refractivity contribution in [1.82, 2.24) is 9.80 Å². The van der Waals surface area contributed by atoms with E-state index in [2.05, 4.69) is 13.2 Å². The summed E-state index contributed by atoms with van der Waals surface area (Å²) < 4.78 is 4.52. The van der Waals surface area contributed by atoms with Gasteiger partial charge in [-0.2, -0.15) is 0 Å². The zero-order valence-electron chi connectivity index (χ0n) is 26.6. The minimum absolute atomic E-state index is 0.0995. The van der Waals surface area contributed by atoms with Crippen molar-refractivity contribution in [3.63, 3.8) is 0 Å². The Kier molecular flexibility index (Phi) is 9.57. The third-order valence-corrected chi connectivity index (χ3v) is 11.7. The molecule has 0 aliphatic carbocycles. The van der Waals surface area contributed by atoms with Crippen molar-refractivity contribution in [3.05, 3.63) is 121 Å². The molecule has 0 aromatic heterocycles. The third kappa shape index (κ3) is 5.76. The number of nitrogens with zero attached hydrogens (tertiary/aromatic N) is 3. The fourth-order valence-electron chi connectivity index (χ4n) is 7.78. The summed E-state index contributed by atoms with van der Waals surface area (Å²) in [5.74, 6) is -1.27. The second kappa shape index (κ2) is 13.8. The molecule has 6 atom stereocenters. The van der Waals surface area contributed by atoms with Gasteiger partial charge in [-0.15, -0.1) is 24.9 Å². The SMILES string of the molecule is C=CCN(Cc1ccccc1)C(=O)[C@@H]1[C@H]2C(=O)N([C@H](CO)c3ccccc3)C(C(=O)N(CC=C)c3ccc(OC)cc3)C23CC[C@H]1S3. The number of amides is 3. The van der Waals surface area contributed by atoms with E-state index in [0.717, 1.165) is 17.5 Å². The molecule has 3 aromatic carbocycles. The Labute approximate surface area is 280 Å². The number of aliphatic hydroxyl groups excluding tert-OH is 1. The molecule has 8 nitrogen and oxygen atoms in total. The number of hydrogen-bond donors (Lipinski definition) is 1. The zero-order chi connectivity index (χ0) is 33.1. The molecule has 3 amide bonds. The normalized spacial score (nSPS) is 24.8. The highest BCUT2D eigenvalue weighted by molar-refractivity contribution is 8.02. The first-order valence-corrected chi connectivity index (χ1v) is 16.9. The second-order valence-corrected chi connectivity index (χ2v) is 13.9. The van der Waals surface area contributed by atoms with Gasteiger partial charge in [0.05, 0.1) is 36.3 Å². The summed E-state index contributed by atoms with van der Waals surface area (Å²) in [6.07, 6.45) is 4.72. The summed E-state index contributed by atoms with van der Waals surface area (Å²) in [5, 5.41) is 10.8. The van der Waals surface area contributed by atoms with Gasteiger partial charge in [0.15, 0.2) is 0 Å². The lowest BCUT2D eigenvalue weighted by Crippen LogP contribution is -2.56. The fraction of sp³-hybridized carbons (Fsp3) is 0.342. The van der Waals surface area contributed by atoms with Gasteiger partial charge in [0.2, 0.25) is 11.8 Å². The quantitative estimate of drug-likeness (QED) is 0.254. The largest absolute Gasteiger partial charge is 0.497 e. The van der Waals surface area contributed by atoms with Gasteiger partial charge < -0.3 is 24.5 Å². The van der Waals surface area contributed by atoms with E-state index < -0.39 is 28.7 Å². The van der Waals surface area contributed by atoms with Gasteiger partial charge in [0.25, 0.3) is 5.91 Å². The average molecular weight is 652 g/mol. The Bertz CT molecular complexity index is 1620. The van der Waals surface area contributed by atoms with Crippen molar-refractivity contribution < 1.29 is 24.2 Å². The maximum atomic E-state index is 15.0. The van der Waals surface area contributed by atoms with E-state index in [1.54, 1.807) is 57.9 Å². The fourth-order valence-corrected chi connectivity index (χ4v) is 9.97. The van der Waals surface area contributed by atoms with Crippen LogP contribution in [-0.4, -0.2) is 75.5 Å². The van der Waals surface area contributed by atoms with Crippen LogP contribution in [0.2, 0.25) is 0 Å². The number of carbonyl (C=O) groups excluding carboxylic acids is 3. The monoisotopic (exact) mass is 651 g/mol. The number of rotatable bonds is 13. The van der Waals surface area contributed by atoms with Crippen LogP contribution in [0.15, 0.2) is 110 Å². The highest BCUT2D eigenvalue weighted by Crippen LogP contribution is 2.67. The number of hydrogen-bond acceptors (Lipinski definition) is 6. The lowest BCUT2D eigenvalue weighted by atomic mass is 9.70. The summed E-state index contributed by atoms with van der Waals surface area (Å²) in [7, 11) is 1.59. The molecular formula is C38H41N3O5S. The van der Waals surface area contributed by atoms with Crippen molar-refractivity contribution in [2.75, 3.05) is 31.7 Å². The molecule has 3 aromatic rings. The first kappa shape index (κ1) is 32.6. The number of thioether (sulfide) groups is 1. The predicted molar refractivity (Wildman–Crippen MR) is 185 cm³/mol. The van der Waals surface area contributed by atoms with Gasteiger partial charge in [-0.25, -0.2) is 0 Å². The molecule has 2 bridgehead atoms. The van der Waals surface area contributed by atoms with E-state index >= 15 is 4.79 Å². The van der Waals surface area contributed by atoms with Gasteiger partial charge in [-0.05, 0) is 48.2 Å². The molecule has 1 N–H and O–H groups in total. The molecule has 1 spiro atoms. The first-order chi connectivity index (χ1) is 22.9. The Morgan fingerprint density at radius 3 is 2.28 bits per heavy atom. The third-order valence-electron chi connectivity index (χ3n) is 9.79.